The molecule has 0 aromatic rings. The first-order valence-electron chi connectivity index (χ1n) is 5.27. The molecule has 114 valence electrons. The summed E-state index contributed by atoms with van der Waals surface area (Å²) < 4.78 is 0. The van der Waals surface area contributed by atoms with Gasteiger partial charge in [-0.1, -0.05) is 20.4 Å². The van der Waals surface area contributed by atoms with Crippen LogP contribution in [0.3, 0.4) is 0 Å². The van der Waals surface area contributed by atoms with Gasteiger partial charge in [0.25, 0.3) is 0 Å². The number of hydrogen-bond acceptors (Lipinski definition) is 6. The predicted octanol–water partition coefficient (Wildman–Crippen LogP) is 4.49. The molecule has 1 aliphatic rings. The SMILES string of the molecule is [N-]=[N+]=NB1C(N=[N+]=[N-])=C(N=[N+]=[N-])C(N=[N+]=[N-])=C(N=[N+]=[N-])N1N=[N+]=[N-]. The van der Waals surface area contributed by atoms with Crippen molar-refractivity contribution in [1.29, 1.82) is 0 Å². The van der Waals surface area contributed by atoms with Crippen molar-refractivity contribution in [3.63, 3.8) is 0 Å². The van der Waals surface area contributed by atoms with Gasteiger partial charge in [-0.25, -0.2) is 0 Å². The second-order valence-corrected chi connectivity index (χ2v) is 3.27. The molecule has 1 heterocycles. The first-order chi connectivity index (χ1) is 11.7. The Balaban J connectivity index is 4.11. The van der Waals surface area contributed by atoms with Crippen molar-refractivity contribution < 1.29 is 0 Å². The van der Waals surface area contributed by atoms with Crippen LogP contribution in [0.4, 0.5) is 0 Å². The number of azide groups is 6. The third-order valence-electron chi connectivity index (χ3n) is 2.25. The summed E-state index contributed by atoms with van der Waals surface area (Å²) in [6, 6.07) is 0. The van der Waals surface area contributed by atoms with E-state index >= 15 is 0 Å². The quantitative estimate of drug-likeness (QED) is 0.289. The number of nitrogens with zero attached hydrogens (tertiary/aromatic N) is 19. The molecule has 0 aromatic heterocycles. The van der Waals surface area contributed by atoms with Crippen molar-refractivity contribution in [3.8, 4) is 0 Å². The average molecular weight is 325 g/mol. The van der Waals surface area contributed by atoms with Gasteiger partial charge in [0.2, 0.25) is 0 Å². The molecule has 0 fully saturated rings. The van der Waals surface area contributed by atoms with E-state index in [4.69, 9.17) is 33.2 Å². The fraction of sp³-hybridized carbons (Fsp3) is 0. The van der Waals surface area contributed by atoms with Gasteiger partial charge < -0.3 is 0 Å². The highest BCUT2D eigenvalue weighted by molar-refractivity contribution is 6.63. The second-order valence-electron chi connectivity index (χ2n) is 3.27. The van der Waals surface area contributed by atoms with E-state index < -0.39 is 29.8 Å². The van der Waals surface area contributed by atoms with Gasteiger partial charge in [-0.15, -0.1) is 5.53 Å². The van der Waals surface area contributed by atoms with Gasteiger partial charge in [-0.3, -0.25) is 4.92 Å². The molecule has 0 saturated heterocycles. The molecule has 19 nitrogen and oxygen atoms in total. The normalized spacial score (nSPS) is 12.5. The zero-order chi connectivity index (χ0) is 17.9. The summed E-state index contributed by atoms with van der Waals surface area (Å²) in [6.45, 7) is -1.67. The van der Waals surface area contributed by atoms with Crippen LogP contribution in [0.2, 0.25) is 0 Å². The zero-order valence-corrected chi connectivity index (χ0v) is 11.1. The maximum atomic E-state index is 8.63. The van der Waals surface area contributed by atoms with Crippen LogP contribution < -0.4 is 0 Å². The molecule has 0 unspecified atom stereocenters. The predicted molar refractivity (Wildman–Crippen MR) is 76.5 cm³/mol. The Labute approximate surface area is 129 Å². The molecule has 0 bridgehead atoms. The Morgan fingerprint density at radius 1 is 0.667 bits per heavy atom. The minimum absolute atomic E-state index is 0.490. The molecular formula is C4BN19. The van der Waals surface area contributed by atoms with E-state index in [0.717, 1.165) is 0 Å². The van der Waals surface area contributed by atoms with Crippen molar-refractivity contribution >= 4 is 6.98 Å². The molecule has 0 spiro atoms. The van der Waals surface area contributed by atoms with E-state index in [0.29, 0.717) is 4.92 Å². The van der Waals surface area contributed by atoms with Crippen molar-refractivity contribution in [2.24, 2.45) is 30.7 Å². The molecule has 1 aliphatic heterocycles. The van der Waals surface area contributed by atoms with Crippen LogP contribution in [0.25, 0.3) is 62.7 Å². The summed E-state index contributed by atoms with van der Waals surface area (Å²) in [7, 11) is 0. The summed E-state index contributed by atoms with van der Waals surface area (Å²) >= 11 is 0. The van der Waals surface area contributed by atoms with Crippen LogP contribution >= 0.6 is 0 Å². The first-order valence-corrected chi connectivity index (χ1v) is 5.27. The van der Waals surface area contributed by atoms with Crippen molar-refractivity contribution in [2.45, 2.75) is 0 Å². The van der Waals surface area contributed by atoms with Gasteiger partial charge in [0, 0.05) is 25.2 Å². The van der Waals surface area contributed by atoms with Crippen molar-refractivity contribution in [3.05, 3.63) is 85.5 Å². The molecule has 1 rings (SSSR count). The van der Waals surface area contributed by atoms with Gasteiger partial charge in [-0.05, 0) is 42.9 Å². The highest BCUT2D eigenvalue weighted by Crippen LogP contribution is 2.35. The highest BCUT2D eigenvalue weighted by Gasteiger charge is 2.42. The summed E-state index contributed by atoms with van der Waals surface area (Å²) in [6.07, 6.45) is 0. The Kier molecular flexibility index (Phi) is 6.10. The van der Waals surface area contributed by atoms with Crippen LogP contribution in [0, 0.1) is 0 Å². The largest absolute Gasteiger partial charge is 0.509 e. The van der Waals surface area contributed by atoms with E-state index in [1.807, 2.05) is 0 Å². The number of hydrogen-bond donors (Lipinski definition) is 0. The molecule has 0 aliphatic carbocycles. The van der Waals surface area contributed by atoms with Gasteiger partial charge in [0.1, 0.15) is 0 Å². The monoisotopic (exact) mass is 325 g/mol. The summed E-state index contributed by atoms with van der Waals surface area (Å²) in [5.41, 5.74) is 50.0. The van der Waals surface area contributed by atoms with E-state index in [1.165, 1.54) is 0 Å². The van der Waals surface area contributed by atoms with E-state index in [9.17, 15) is 0 Å². The Hall–Kier alpha value is -4.80. The lowest BCUT2D eigenvalue weighted by Crippen LogP contribution is -2.38. The Bertz CT molecular complexity index is 819. The van der Waals surface area contributed by atoms with Gasteiger partial charge in [0.15, 0.2) is 5.82 Å². The van der Waals surface area contributed by atoms with E-state index in [-0.39, 0.29) is 0 Å². The summed E-state index contributed by atoms with van der Waals surface area (Å²) in [5, 5.41) is 19.1. The molecule has 0 aromatic carbocycles. The van der Waals surface area contributed by atoms with Crippen LogP contribution in [0.15, 0.2) is 53.5 Å². The molecule has 0 N–H and O–H groups in total. The third kappa shape index (κ3) is 3.26. The Morgan fingerprint density at radius 2 is 1.25 bits per heavy atom. The number of rotatable bonds is 6. The fourth-order valence-corrected chi connectivity index (χ4v) is 1.54. The average Bonchev–Trinajstić information content (AvgIpc) is 2.57. The van der Waals surface area contributed by atoms with E-state index in [1.54, 1.807) is 0 Å². The molecular weight excluding hydrogens is 325 g/mol. The maximum Gasteiger partial charge on any atom is 0.509 e. The van der Waals surface area contributed by atoms with Gasteiger partial charge in [0.05, 0.1) is 11.4 Å². The van der Waals surface area contributed by atoms with E-state index in [2.05, 4.69) is 60.2 Å². The van der Waals surface area contributed by atoms with Gasteiger partial charge >= 0.3 is 6.98 Å². The zero-order valence-electron chi connectivity index (χ0n) is 11.1. The third-order valence-corrected chi connectivity index (χ3v) is 2.25. The van der Waals surface area contributed by atoms with Crippen molar-refractivity contribution in [2.75, 3.05) is 0 Å². The van der Waals surface area contributed by atoms with Crippen LogP contribution in [-0.4, -0.2) is 11.9 Å². The minimum atomic E-state index is -1.67. The molecule has 0 radical (unpaired) electrons. The lowest BCUT2D eigenvalue weighted by molar-refractivity contribution is 0.534. The smallest absolute Gasteiger partial charge is 0.266 e. The van der Waals surface area contributed by atoms with Crippen LogP contribution in [0.5, 0.6) is 0 Å². The molecule has 0 amide bonds. The maximum absolute atomic E-state index is 8.63. The topological polar surface area (TPSA) is 296 Å². The van der Waals surface area contributed by atoms with Crippen LogP contribution in [-0.2, 0) is 0 Å². The second kappa shape index (κ2) is 8.48. The highest BCUT2D eigenvalue weighted by atomic mass is 15.6. The fourth-order valence-electron chi connectivity index (χ4n) is 1.54. The molecule has 24 heavy (non-hydrogen) atoms. The van der Waals surface area contributed by atoms with Gasteiger partial charge in [-0.2, -0.15) is 4.91 Å². The summed E-state index contributed by atoms with van der Waals surface area (Å²) in [5.74, 6) is -0.634. The standard InChI is InChI=1S/C4BN19/c6-17-12-1-2(13-18-7)4(15-20-9)24(23-22-11)5(16-21-10)3(1)14-19-8. The molecule has 0 atom stereocenters. The lowest BCUT2D eigenvalue weighted by Gasteiger charge is -2.25. The van der Waals surface area contributed by atoms with Crippen LogP contribution in [0.1, 0.15) is 0 Å². The van der Waals surface area contributed by atoms with Crippen molar-refractivity contribution in [1.82, 2.24) is 4.92 Å². The first kappa shape index (κ1) is 17.3. The molecule has 0 saturated carbocycles. The Morgan fingerprint density at radius 3 is 1.75 bits per heavy atom. The minimum Gasteiger partial charge on any atom is -0.266 e. The lowest BCUT2D eigenvalue weighted by atomic mass is 9.69. The molecule has 20 heteroatoms. The summed E-state index contributed by atoms with van der Waals surface area (Å²) in [4.78, 5) is 15.2.